The molecule has 5 nitrogen and oxygen atoms in total. The Labute approximate surface area is 208 Å². The van der Waals surface area contributed by atoms with Gasteiger partial charge in [-0.1, -0.05) is 60.7 Å². The number of carboxylic acids is 1. The fourth-order valence-corrected chi connectivity index (χ4v) is 5.60. The lowest BCUT2D eigenvalue weighted by Gasteiger charge is -2.38. The first-order chi connectivity index (χ1) is 16.6. The number of fused-ring (bicyclic) bond motifs is 1. The average molecular weight is 476 g/mol. The molecule has 5 heteroatoms. The topological polar surface area (TPSA) is 66.8 Å². The van der Waals surface area contributed by atoms with Crippen LogP contribution in [-0.4, -0.2) is 39.8 Å². The number of carboxylic acid groups (broad SMARTS) is 1. The van der Waals surface area contributed by atoms with Crippen molar-refractivity contribution in [3.05, 3.63) is 83.0 Å². The number of nitrogens with zero attached hydrogens (tertiary/aromatic N) is 1. The zero-order valence-corrected chi connectivity index (χ0v) is 21.2. The van der Waals surface area contributed by atoms with Gasteiger partial charge in [-0.3, -0.25) is 9.69 Å². The maximum absolute atomic E-state index is 13.5. The van der Waals surface area contributed by atoms with Crippen LogP contribution in [0.15, 0.2) is 71.9 Å². The first kappa shape index (κ1) is 25.0. The number of ether oxygens (including phenoxy) is 1. The van der Waals surface area contributed by atoms with Crippen LogP contribution in [0.4, 0.5) is 4.79 Å². The van der Waals surface area contributed by atoms with Crippen LogP contribution in [0, 0.1) is 5.92 Å². The van der Waals surface area contributed by atoms with E-state index in [1.807, 2.05) is 49.9 Å². The number of allylic oxidation sites excluding steroid dienone is 6. The van der Waals surface area contributed by atoms with Crippen LogP contribution < -0.4 is 0 Å². The van der Waals surface area contributed by atoms with Crippen molar-refractivity contribution in [3.63, 3.8) is 0 Å². The second-order valence-corrected chi connectivity index (χ2v) is 10.9. The van der Waals surface area contributed by atoms with Crippen molar-refractivity contribution in [2.75, 3.05) is 0 Å². The average Bonchev–Trinajstić information content (AvgIpc) is 3.27. The van der Waals surface area contributed by atoms with Crippen LogP contribution in [0.5, 0.6) is 0 Å². The largest absolute Gasteiger partial charge is 0.481 e. The summed E-state index contributed by atoms with van der Waals surface area (Å²) < 4.78 is 5.91. The fourth-order valence-electron chi connectivity index (χ4n) is 5.60. The van der Waals surface area contributed by atoms with Gasteiger partial charge < -0.3 is 9.84 Å². The summed E-state index contributed by atoms with van der Waals surface area (Å²) in [5.41, 5.74) is 3.93. The van der Waals surface area contributed by atoms with E-state index in [1.165, 1.54) is 16.7 Å². The van der Waals surface area contributed by atoms with Crippen LogP contribution in [0.25, 0.3) is 0 Å². The minimum Gasteiger partial charge on any atom is -0.481 e. The number of hydrogen-bond donors (Lipinski definition) is 1. The van der Waals surface area contributed by atoms with Gasteiger partial charge in [0.15, 0.2) is 0 Å². The molecule has 1 saturated carbocycles. The number of carbonyl (C=O) groups excluding carboxylic acids is 1. The van der Waals surface area contributed by atoms with E-state index in [-0.39, 0.29) is 24.6 Å². The molecular weight excluding hydrogens is 438 g/mol. The third-order valence-corrected chi connectivity index (χ3v) is 7.23. The summed E-state index contributed by atoms with van der Waals surface area (Å²) in [5.74, 6) is -0.122. The van der Waals surface area contributed by atoms with Crippen molar-refractivity contribution in [1.29, 1.82) is 0 Å². The Balaban J connectivity index is 1.58. The third-order valence-electron chi connectivity index (χ3n) is 7.23. The Morgan fingerprint density at radius 2 is 1.86 bits per heavy atom. The molecule has 1 fully saturated rings. The molecule has 0 bridgehead atoms. The Kier molecular flexibility index (Phi) is 7.34. The Bertz CT molecular complexity index is 1070. The number of benzene rings is 1. The summed E-state index contributed by atoms with van der Waals surface area (Å²) in [5, 5.41) is 9.04. The summed E-state index contributed by atoms with van der Waals surface area (Å²) in [4.78, 5) is 26.5. The predicted octanol–water partition coefficient (Wildman–Crippen LogP) is 6.57. The smallest absolute Gasteiger partial charge is 0.411 e. The van der Waals surface area contributed by atoms with Gasteiger partial charge in [0.05, 0.1) is 12.5 Å². The van der Waals surface area contributed by atoms with Crippen molar-refractivity contribution >= 4 is 12.1 Å². The van der Waals surface area contributed by atoms with Gasteiger partial charge in [-0.05, 0) is 81.6 Å². The zero-order chi connectivity index (χ0) is 25.2. The molecule has 3 aliphatic carbocycles. The number of aliphatic carboxylic acids is 1. The van der Waals surface area contributed by atoms with Crippen LogP contribution in [0.1, 0.15) is 70.4 Å². The number of carbonyl (C=O) groups is 2. The zero-order valence-electron chi connectivity index (χ0n) is 21.2. The van der Waals surface area contributed by atoms with Gasteiger partial charge in [0, 0.05) is 12.0 Å². The molecule has 1 aromatic carbocycles. The normalized spacial score (nSPS) is 24.3. The van der Waals surface area contributed by atoms with Crippen molar-refractivity contribution in [3.8, 4) is 0 Å². The van der Waals surface area contributed by atoms with Crippen LogP contribution in [0.2, 0.25) is 0 Å². The third kappa shape index (κ3) is 5.95. The molecular formula is C30H37NO4. The first-order valence-corrected chi connectivity index (χ1v) is 12.7. The maximum atomic E-state index is 13.5. The molecule has 4 rings (SSSR count). The molecule has 1 unspecified atom stereocenters. The molecule has 35 heavy (non-hydrogen) atoms. The SMILES string of the molecule is C[C@H](C1=C2C=CC=CC2CC=C1)N(C(=O)OC(C)(C)C)[C@H]1CC[C@@H](c2ccc(CC(=O)O)cc2)C1. The van der Waals surface area contributed by atoms with E-state index in [9.17, 15) is 9.59 Å². The maximum Gasteiger partial charge on any atom is 0.411 e. The number of hydrogen-bond acceptors (Lipinski definition) is 3. The Hall–Kier alpha value is -3.08. The Morgan fingerprint density at radius 1 is 1.11 bits per heavy atom. The van der Waals surface area contributed by atoms with Crippen LogP contribution >= 0.6 is 0 Å². The van der Waals surface area contributed by atoms with Gasteiger partial charge in [-0.2, -0.15) is 0 Å². The van der Waals surface area contributed by atoms with Crippen LogP contribution in [0.3, 0.4) is 0 Å². The molecule has 1 amide bonds. The van der Waals surface area contributed by atoms with Crippen LogP contribution in [-0.2, 0) is 16.0 Å². The van der Waals surface area contributed by atoms with E-state index in [1.54, 1.807) is 0 Å². The molecule has 0 spiro atoms. The Morgan fingerprint density at radius 3 is 2.54 bits per heavy atom. The molecule has 1 N–H and O–H groups in total. The summed E-state index contributed by atoms with van der Waals surface area (Å²) in [6.45, 7) is 7.87. The molecule has 1 aromatic rings. The summed E-state index contributed by atoms with van der Waals surface area (Å²) >= 11 is 0. The van der Waals surface area contributed by atoms with E-state index in [0.717, 1.165) is 31.2 Å². The number of amides is 1. The highest BCUT2D eigenvalue weighted by Crippen LogP contribution is 2.40. The highest BCUT2D eigenvalue weighted by Gasteiger charge is 2.39. The first-order valence-electron chi connectivity index (χ1n) is 12.7. The van der Waals surface area contributed by atoms with Gasteiger partial charge in [0.2, 0.25) is 0 Å². The number of rotatable bonds is 6. The van der Waals surface area contributed by atoms with Crippen molar-refractivity contribution in [1.82, 2.24) is 4.90 Å². The molecule has 0 heterocycles. The molecule has 3 aliphatic rings. The van der Waals surface area contributed by atoms with Gasteiger partial charge in [-0.15, -0.1) is 0 Å². The lowest BCUT2D eigenvalue weighted by molar-refractivity contribution is -0.136. The second kappa shape index (κ2) is 10.3. The van der Waals surface area contributed by atoms with Crippen molar-refractivity contribution < 1.29 is 19.4 Å². The van der Waals surface area contributed by atoms with E-state index >= 15 is 0 Å². The fraction of sp³-hybridized carbons (Fsp3) is 0.467. The minimum atomic E-state index is -0.821. The lowest BCUT2D eigenvalue weighted by Crippen LogP contribution is -2.48. The molecule has 186 valence electrons. The quantitative estimate of drug-likeness (QED) is 0.505. The predicted molar refractivity (Wildman–Crippen MR) is 138 cm³/mol. The summed E-state index contributed by atoms with van der Waals surface area (Å²) in [6.07, 6.45) is 16.5. The lowest BCUT2D eigenvalue weighted by atomic mass is 9.81. The molecule has 0 aliphatic heterocycles. The monoisotopic (exact) mass is 475 g/mol. The highest BCUT2D eigenvalue weighted by atomic mass is 16.6. The molecule has 0 radical (unpaired) electrons. The summed E-state index contributed by atoms with van der Waals surface area (Å²) in [7, 11) is 0. The van der Waals surface area contributed by atoms with Crippen molar-refractivity contribution in [2.45, 2.75) is 83.4 Å². The van der Waals surface area contributed by atoms with Gasteiger partial charge >= 0.3 is 12.1 Å². The van der Waals surface area contributed by atoms with Gasteiger partial charge in [0.1, 0.15) is 5.60 Å². The second-order valence-electron chi connectivity index (χ2n) is 10.9. The highest BCUT2D eigenvalue weighted by molar-refractivity contribution is 5.71. The standard InChI is InChI=1S/C30H37NO4/c1-20(26-11-7-9-23-8-5-6-10-27(23)26)31(29(34)35-30(2,3)4)25-17-16-24(19-25)22-14-12-21(13-15-22)18-28(32)33/h5-8,10-15,20,23-25H,9,16-19H2,1-4H3,(H,32,33)/t20-,23?,24-,25+/m1/s1. The molecule has 4 atom stereocenters. The van der Waals surface area contributed by atoms with Gasteiger partial charge in [0.25, 0.3) is 0 Å². The minimum absolute atomic E-state index is 0.0348. The molecule has 0 aromatic heterocycles. The summed E-state index contributed by atoms with van der Waals surface area (Å²) in [6, 6.07) is 7.89. The molecule has 0 saturated heterocycles. The van der Waals surface area contributed by atoms with E-state index < -0.39 is 11.6 Å². The van der Waals surface area contributed by atoms with Gasteiger partial charge in [-0.25, -0.2) is 4.79 Å². The van der Waals surface area contributed by atoms with Crippen molar-refractivity contribution in [2.24, 2.45) is 5.92 Å². The van der Waals surface area contributed by atoms with E-state index in [0.29, 0.717) is 11.8 Å². The van der Waals surface area contributed by atoms with E-state index in [2.05, 4.69) is 43.4 Å². The van der Waals surface area contributed by atoms with E-state index in [4.69, 9.17) is 9.84 Å².